The standard InChI is InChI=1S/C20H28N2O3/c1-15(2)10-14-24-16(3)20(23)22-12-6-13-25-18-9-4-7-17-8-5-11-21-19(17)18/h4-5,7-9,11,15-16H,6,10,12-14H2,1-3H3,(H,22,23). The van der Waals surface area contributed by atoms with Crippen LogP contribution < -0.4 is 10.1 Å². The molecule has 136 valence electrons. The number of fused-ring (bicyclic) bond motifs is 1. The van der Waals surface area contributed by atoms with Crippen molar-refractivity contribution in [2.45, 2.75) is 39.7 Å². The lowest BCUT2D eigenvalue weighted by Crippen LogP contribution is -2.35. The lowest BCUT2D eigenvalue weighted by Gasteiger charge is -2.14. The highest BCUT2D eigenvalue weighted by Gasteiger charge is 2.12. The minimum absolute atomic E-state index is 0.0735. The molecule has 0 radical (unpaired) electrons. The van der Waals surface area contributed by atoms with Crippen LogP contribution in [-0.2, 0) is 9.53 Å². The van der Waals surface area contributed by atoms with Gasteiger partial charge in [0.05, 0.1) is 6.61 Å². The van der Waals surface area contributed by atoms with Gasteiger partial charge in [-0.3, -0.25) is 9.78 Å². The predicted molar refractivity (Wildman–Crippen MR) is 99.7 cm³/mol. The number of benzene rings is 1. The van der Waals surface area contributed by atoms with E-state index >= 15 is 0 Å². The Morgan fingerprint density at radius 3 is 2.76 bits per heavy atom. The third-order valence-electron chi connectivity index (χ3n) is 3.91. The average molecular weight is 344 g/mol. The van der Waals surface area contributed by atoms with Gasteiger partial charge in [-0.15, -0.1) is 0 Å². The van der Waals surface area contributed by atoms with E-state index in [2.05, 4.69) is 24.1 Å². The van der Waals surface area contributed by atoms with E-state index < -0.39 is 6.10 Å². The van der Waals surface area contributed by atoms with Gasteiger partial charge in [-0.1, -0.05) is 32.0 Å². The van der Waals surface area contributed by atoms with Crippen molar-refractivity contribution >= 4 is 16.8 Å². The summed E-state index contributed by atoms with van der Waals surface area (Å²) in [5.74, 6) is 1.28. The summed E-state index contributed by atoms with van der Waals surface area (Å²) in [5, 5.41) is 3.94. The number of nitrogens with one attached hydrogen (secondary N) is 1. The lowest BCUT2D eigenvalue weighted by atomic mass is 10.1. The van der Waals surface area contributed by atoms with Crippen molar-refractivity contribution in [2.75, 3.05) is 19.8 Å². The summed E-state index contributed by atoms with van der Waals surface area (Å²) in [6.07, 6.45) is 3.04. The molecule has 2 rings (SSSR count). The summed E-state index contributed by atoms with van der Waals surface area (Å²) in [7, 11) is 0. The number of ether oxygens (including phenoxy) is 2. The van der Waals surface area contributed by atoms with Gasteiger partial charge in [0.1, 0.15) is 17.4 Å². The number of pyridine rings is 1. The van der Waals surface area contributed by atoms with Crippen LogP contribution in [0.2, 0.25) is 0 Å². The smallest absolute Gasteiger partial charge is 0.248 e. The number of rotatable bonds is 10. The van der Waals surface area contributed by atoms with Crippen molar-refractivity contribution in [1.29, 1.82) is 0 Å². The van der Waals surface area contributed by atoms with Gasteiger partial charge in [0.15, 0.2) is 0 Å². The van der Waals surface area contributed by atoms with Crippen LogP contribution in [0.5, 0.6) is 5.75 Å². The Morgan fingerprint density at radius 2 is 1.96 bits per heavy atom. The number of carbonyl (C=O) groups is 1. The maximum Gasteiger partial charge on any atom is 0.248 e. The van der Waals surface area contributed by atoms with E-state index in [1.54, 1.807) is 13.1 Å². The SMILES string of the molecule is CC(C)CCOC(C)C(=O)NCCCOc1cccc2cccnc12. The number of carbonyl (C=O) groups excluding carboxylic acids is 1. The van der Waals surface area contributed by atoms with E-state index in [4.69, 9.17) is 9.47 Å². The molecule has 0 spiro atoms. The van der Waals surface area contributed by atoms with Gasteiger partial charge in [-0.2, -0.15) is 0 Å². The Kier molecular flexibility index (Phi) is 7.67. The molecule has 5 heteroatoms. The first-order valence-corrected chi connectivity index (χ1v) is 8.93. The summed E-state index contributed by atoms with van der Waals surface area (Å²) < 4.78 is 11.3. The van der Waals surface area contributed by atoms with Crippen molar-refractivity contribution in [2.24, 2.45) is 5.92 Å². The first-order valence-electron chi connectivity index (χ1n) is 8.93. The van der Waals surface area contributed by atoms with Crippen LogP contribution >= 0.6 is 0 Å². The highest BCUT2D eigenvalue weighted by molar-refractivity contribution is 5.84. The van der Waals surface area contributed by atoms with E-state index in [1.807, 2.05) is 30.3 Å². The molecule has 1 N–H and O–H groups in total. The monoisotopic (exact) mass is 344 g/mol. The van der Waals surface area contributed by atoms with Crippen molar-refractivity contribution in [3.05, 3.63) is 36.5 Å². The maximum atomic E-state index is 11.9. The molecule has 1 atom stereocenters. The zero-order chi connectivity index (χ0) is 18.1. The van der Waals surface area contributed by atoms with E-state index in [9.17, 15) is 4.79 Å². The van der Waals surface area contributed by atoms with Crippen LogP contribution in [0.4, 0.5) is 0 Å². The zero-order valence-corrected chi connectivity index (χ0v) is 15.3. The van der Waals surface area contributed by atoms with Crippen molar-refractivity contribution in [3.63, 3.8) is 0 Å². The zero-order valence-electron chi connectivity index (χ0n) is 15.3. The molecule has 1 unspecified atom stereocenters. The fourth-order valence-electron chi connectivity index (χ4n) is 2.36. The molecule has 0 bridgehead atoms. The molecule has 0 saturated heterocycles. The predicted octanol–water partition coefficient (Wildman–Crippen LogP) is 3.57. The highest BCUT2D eigenvalue weighted by Crippen LogP contribution is 2.22. The van der Waals surface area contributed by atoms with Crippen molar-refractivity contribution in [1.82, 2.24) is 10.3 Å². The number of hydrogen-bond donors (Lipinski definition) is 1. The molecule has 5 nitrogen and oxygen atoms in total. The minimum atomic E-state index is -0.415. The molecule has 1 aromatic heterocycles. The van der Waals surface area contributed by atoms with Crippen molar-refractivity contribution in [3.8, 4) is 5.75 Å². The second kappa shape index (κ2) is 9.99. The Balaban J connectivity index is 1.66. The molecule has 25 heavy (non-hydrogen) atoms. The number of aromatic nitrogens is 1. The number of amides is 1. The van der Waals surface area contributed by atoms with Crippen LogP contribution in [0.15, 0.2) is 36.5 Å². The Bertz CT molecular complexity index is 668. The molecular formula is C20H28N2O3. The Morgan fingerprint density at radius 1 is 1.16 bits per heavy atom. The fraction of sp³-hybridized carbons (Fsp3) is 0.500. The maximum absolute atomic E-state index is 11.9. The second-order valence-corrected chi connectivity index (χ2v) is 6.52. The van der Waals surface area contributed by atoms with Gasteiger partial charge >= 0.3 is 0 Å². The molecule has 1 aromatic carbocycles. The summed E-state index contributed by atoms with van der Waals surface area (Å²) in [4.78, 5) is 16.3. The number of para-hydroxylation sites is 1. The van der Waals surface area contributed by atoms with Crippen LogP contribution in [-0.4, -0.2) is 36.8 Å². The molecule has 0 fully saturated rings. The molecule has 0 aliphatic rings. The molecule has 1 amide bonds. The van der Waals surface area contributed by atoms with Crippen LogP contribution in [0.25, 0.3) is 10.9 Å². The van der Waals surface area contributed by atoms with E-state index in [1.165, 1.54) is 0 Å². The second-order valence-electron chi connectivity index (χ2n) is 6.52. The van der Waals surface area contributed by atoms with Gasteiger partial charge in [0.2, 0.25) is 5.91 Å². The summed E-state index contributed by atoms with van der Waals surface area (Å²) in [6, 6.07) is 9.80. The molecular weight excluding hydrogens is 316 g/mol. The Labute approximate surface area is 149 Å². The van der Waals surface area contributed by atoms with Gasteiger partial charge in [-0.25, -0.2) is 0 Å². The Hall–Kier alpha value is -2.14. The summed E-state index contributed by atoms with van der Waals surface area (Å²) in [6.45, 7) is 7.77. The average Bonchev–Trinajstić information content (AvgIpc) is 2.61. The molecule has 2 aromatic rings. The molecule has 1 heterocycles. The van der Waals surface area contributed by atoms with Gasteiger partial charge in [0, 0.05) is 24.7 Å². The third-order valence-corrected chi connectivity index (χ3v) is 3.91. The third kappa shape index (κ3) is 6.35. The fourth-order valence-corrected chi connectivity index (χ4v) is 2.36. The summed E-state index contributed by atoms with van der Waals surface area (Å²) in [5.41, 5.74) is 0.862. The van der Waals surface area contributed by atoms with Crippen LogP contribution in [0.1, 0.15) is 33.6 Å². The molecule has 0 aliphatic carbocycles. The lowest BCUT2D eigenvalue weighted by molar-refractivity contribution is -0.131. The van der Waals surface area contributed by atoms with Crippen LogP contribution in [0.3, 0.4) is 0 Å². The number of hydrogen-bond acceptors (Lipinski definition) is 4. The highest BCUT2D eigenvalue weighted by atomic mass is 16.5. The minimum Gasteiger partial charge on any atom is -0.491 e. The first-order chi connectivity index (χ1) is 12.1. The van der Waals surface area contributed by atoms with E-state index in [-0.39, 0.29) is 5.91 Å². The van der Waals surface area contributed by atoms with Crippen molar-refractivity contribution < 1.29 is 14.3 Å². The number of nitrogens with zero attached hydrogens (tertiary/aromatic N) is 1. The topological polar surface area (TPSA) is 60.5 Å². The first kappa shape index (κ1) is 19.2. The van der Waals surface area contributed by atoms with E-state index in [0.717, 1.165) is 29.5 Å². The normalized spacial score (nSPS) is 12.3. The quantitative estimate of drug-likeness (QED) is 0.669. The van der Waals surface area contributed by atoms with Gasteiger partial charge < -0.3 is 14.8 Å². The van der Waals surface area contributed by atoms with E-state index in [0.29, 0.717) is 25.7 Å². The van der Waals surface area contributed by atoms with Crippen LogP contribution in [0, 0.1) is 5.92 Å². The largest absolute Gasteiger partial charge is 0.491 e. The van der Waals surface area contributed by atoms with Gasteiger partial charge in [0.25, 0.3) is 0 Å². The molecule has 0 saturated carbocycles. The molecule has 0 aliphatic heterocycles. The van der Waals surface area contributed by atoms with Gasteiger partial charge in [-0.05, 0) is 37.8 Å². The summed E-state index contributed by atoms with van der Waals surface area (Å²) >= 11 is 0.